The number of non-ortho nitro benzene ring substituents is 1. The van der Waals surface area contributed by atoms with Gasteiger partial charge in [0.15, 0.2) is 0 Å². The molecule has 0 heterocycles. The van der Waals surface area contributed by atoms with Gasteiger partial charge in [-0.15, -0.1) is 0 Å². The predicted octanol–water partition coefficient (Wildman–Crippen LogP) is 3.08. The topological polar surface area (TPSA) is 79.0 Å². The molecule has 94 valence electrons. The predicted molar refractivity (Wildman–Crippen MR) is 71.6 cm³/mol. The van der Waals surface area contributed by atoms with Gasteiger partial charge in [-0.1, -0.05) is 24.3 Å². The molecule has 1 N–H and O–H groups in total. The van der Waals surface area contributed by atoms with Crippen LogP contribution in [0.2, 0.25) is 0 Å². The summed E-state index contributed by atoms with van der Waals surface area (Å²) >= 11 is 0. The summed E-state index contributed by atoms with van der Waals surface area (Å²) in [7, 11) is 0. The summed E-state index contributed by atoms with van der Waals surface area (Å²) in [5.41, 5.74) is 2.31. The zero-order chi connectivity index (χ0) is 13.7. The average Bonchev–Trinajstić information content (AvgIpc) is 2.45. The van der Waals surface area contributed by atoms with E-state index in [1.807, 2.05) is 12.1 Å². The Morgan fingerprint density at radius 3 is 2.47 bits per heavy atom. The van der Waals surface area contributed by atoms with E-state index in [0.717, 1.165) is 11.3 Å². The minimum atomic E-state index is -0.428. The molecule has 0 aliphatic rings. The van der Waals surface area contributed by atoms with Crippen molar-refractivity contribution in [1.82, 2.24) is 0 Å². The first-order valence-electron chi connectivity index (χ1n) is 5.67. The van der Waals surface area contributed by atoms with Crippen molar-refractivity contribution in [2.75, 3.05) is 5.32 Å². The maximum absolute atomic E-state index is 10.5. The molecule has 0 atom stereocenters. The standard InChI is InChI=1S/C14H11N3O2/c15-9-12-3-1-2-4-14(12)16-10-11-5-7-13(8-6-11)17(18)19/h1-8,16H,10H2. The van der Waals surface area contributed by atoms with Gasteiger partial charge in [0.1, 0.15) is 6.07 Å². The molecule has 2 rings (SSSR count). The van der Waals surface area contributed by atoms with E-state index in [0.29, 0.717) is 12.1 Å². The van der Waals surface area contributed by atoms with Crippen molar-refractivity contribution in [2.45, 2.75) is 6.54 Å². The molecular weight excluding hydrogens is 242 g/mol. The lowest BCUT2D eigenvalue weighted by Gasteiger charge is -2.07. The number of rotatable bonds is 4. The molecular formula is C14H11N3O2. The first kappa shape index (κ1) is 12.6. The van der Waals surface area contributed by atoms with Crippen LogP contribution in [0.3, 0.4) is 0 Å². The Morgan fingerprint density at radius 2 is 1.84 bits per heavy atom. The van der Waals surface area contributed by atoms with Crippen LogP contribution in [0.15, 0.2) is 48.5 Å². The Labute approximate surface area is 110 Å². The van der Waals surface area contributed by atoms with E-state index in [2.05, 4.69) is 11.4 Å². The quantitative estimate of drug-likeness (QED) is 0.670. The second kappa shape index (κ2) is 5.65. The molecule has 2 aromatic carbocycles. The maximum atomic E-state index is 10.5. The van der Waals surface area contributed by atoms with Crippen molar-refractivity contribution in [3.63, 3.8) is 0 Å². The monoisotopic (exact) mass is 253 g/mol. The number of nitro benzene ring substituents is 1. The van der Waals surface area contributed by atoms with Gasteiger partial charge in [-0.25, -0.2) is 0 Å². The first-order chi connectivity index (χ1) is 9.20. The summed E-state index contributed by atoms with van der Waals surface area (Å²) in [5, 5.41) is 22.6. The summed E-state index contributed by atoms with van der Waals surface area (Å²) < 4.78 is 0. The number of nitrogens with one attached hydrogen (secondary N) is 1. The fourth-order valence-electron chi connectivity index (χ4n) is 1.67. The van der Waals surface area contributed by atoms with Crippen LogP contribution < -0.4 is 5.32 Å². The summed E-state index contributed by atoms with van der Waals surface area (Å²) in [5.74, 6) is 0. The third-order valence-electron chi connectivity index (χ3n) is 2.68. The number of nitriles is 1. The maximum Gasteiger partial charge on any atom is 0.269 e. The van der Waals surface area contributed by atoms with Gasteiger partial charge in [-0.05, 0) is 17.7 Å². The van der Waals surface area contributed by atoms with Gasteiger partial charge in [-0.2, -0.15) is 5.26 Å². The molecule has 0 saturated heterocycles. The minimum Gasteiger partial charge on any atom is -0.380 e. The number of hydrogen-bond acceptors (Lipinski definition) is 4. The van der Waals surface area contributed by atoms with Crippen molar-refractivity contribution in [2.24, 2.45) is 0 Å². The van der Waals surface area contributed by atoms with E-state index in [9.17, 15) is 10.1 Å². The number of nitrogens with zero attached hydrogens (tertiary/aromatic N) is 2. The number of nitro groups is 1. The van der Waals surface area contributed by atoms with E-state index in [4.69, 9.17) is 5.26 Å². The molecule has 0 fully saturated rings. The molecule has 19 heavy (non-hydrogen) atoms. The third kappa shape index (κ3) is 3.07. The molecule has 0 aliphatic carbocycles. The Bertz CT molecular complexity index is 630. The molecule has 2 aromatic rings. The van der Waals surface area contributed by atoms with Gasteiger partial charge >= 0.3 is 0 Å². The molecule has 0 saturated carbocycles. The van der Waals surface area contributed by atoms with Gasteiger partial charge in [-0.3, -0.25) is 10.1 Å². The summed E-state index contributed by atoms with van der Waals surface area (Å²) in [6, 6.07) is 15.6. The Balaban J connectivity index is 2.06. The second-order valence-electron chi connectivity index (χ2n) is 3.93. The zero-order valence-electron chi connectivity index (χ0n) is 10.0. The highest BCUT2D eigenvalue weighted by atomic mass is 16.6. The third-order valence-corrected chi connectivity index (χ3v) is 2.68. The molecule has 0 aromatic heterocycles. The lowest BCUT2D eigenvalue weighted by molar-refractivity contribution is -0.384. The van der Waals surface area contributed by atoms with Gasteiger partial charge in [0.2, 0.25) is 0 Å². The number of para-hydroxylation sites is 1. The zero-order valence-corrected chi connectivity index (χ0v) is 10.0. The highest BCUT2D eigenvalue weighted by Gasteiger charge is 2.04. The van der Waals surface area contributed by atoms with Crippen LogP contribution in [0, 0.1) is 21.4 Å². The van der Waals surface area contributed by atoms with Crippen molar-refractivity contribution >= 4 is 11.4 Å². The average molecular weight is 253 g/mol. The summed E-state index contributed by atoms with van der Waals surface area (Å²) in [4.78, 5) is 10.1. The van der Waals surface area contributed by atoms with Gasteiger partial charge < -0.3 is 5.32 Å². The fraction of sp³-hybridized carbons (Fsp3) is 0.0714. The molecule has 0 spiro atoms. The summed E-state index contributed by atoms with van der Waals surface area (Å²) in [6.45, 7) is 0.511. The molecule has 0 amide bonds. The van der Waals surface area contributed by atoms with E-state index in [1.165, 1.54) is 12.1 Å². The van der Waals surface area contributed by atoms with Crippen LogP contribution in [0.5, 0.6) is 0 Å². The van der Waals surface area contributed by atoms with Crippen LogP contribution in [0.1, 0.15) is 11.1 Å². The smallest absolute Gasteiger partial charge is 0.269 e. The normalized spacial score (nSPS) is 9.63. The molecule has 0 bridgehead atoms. The van der Waals surface area contributed by atoms with Gasteiger partial charge in [0.25, 0.3) is 5.69 Å². The first-order valence-corrected chi connectivity index (χ1v) is 5.67. The summed E-state index contributed by atoms with van der Waals surface area (Å²) in [6.07, 6.45) is 0. The van der Waals surface area contributed by atoms with Gasteiger partial charge in [0.05, 0.1) is 16.2 Å². The van der Waals surface area contributed by atoms with Crippen LogP contribution in [-0.2, 0) is 6.54 Å². The van der Waals surface area contributed by atoms with Crippen molar-refractivity contribution < 1.29 is 4.92 Å². The van der Waals surface area contributed by atoms with E-state index < -0.39 is 4.92 Å². The largest absolute Gasteiger partial charge is 0.380 e. The molecule has 5 heteroatoms. The number of hydrogen-bond donors (Lipinski definition) is 1. The molecule has 0 unspecified atom stereocenters. The van der Waals surface area contributed by atoms with Crippen molar-refractivity contribution in [3.8, 4) is 6.07 Å². The van der Waals surface area contributed by atoms with Crippen LogP contribution in [0.25, 0.3) is 0 Å². The van der Waals surface area contributed by atoms with Crippen LogP contribution in [0.4, 0.5) is 11.4 Å². The second-order valence-corrected chi connectivity index (χ2v) is 3.93. The Kier molecular flexibility index (Phi) is 3.74. The van der Waals surface area contributed by atoms with E-state index in [1.54, 1.807) is 24.3 Å². The SMILES string of the molecule is N#Cc1ccccc1NCc1ccc([N+](=O)[O-])cc1. The molecule has 5 nitrogen and oxygen atoms in total. The van der Waals surface area contributed by atoms with E-state index in [-0.39, 0.29) is 5.69 Å². The fourth-order valence-corrected chi connectivity index (χ4v) is 1.67. The molecule has 0 aliphatic heterocycles. The van der Waals surface area contributed by atoms with Crippen LogP contribution >= 0.6 is 0 Å². The minimum absolute atomic E-state index is 0.0705. The lowest BCUT2D eigenvalue weighted by atomic mass is 10.1. The van der Waals surface area contributed by atoms with Gasteiger partial charge in [0, 0.05) is 18.7 Å². The Hall–Kier alpha value is -2.87. The Morgan fingerprint density at radius 1 is 1.16 bits per heavy atom. The highest BCUT2D eigenvalue weighted by Crippen LogP contribution is 2.16. The number of benzene rings is 2. The van der Waals surface area contributed by atoms with E-state index >= 15 is 0 Å². The van der Waals surface area contributed by atoms with Crippen LogP contribution in [-0.4, -0.2) is 4.92 Å². The van der Waals surface area contributed by atoms with Crippen molar-refractivity contribution in [1.29, 1.82) is 5.26 Å². The molecule has 0 radical (unpaired) electrons. The number of anilines is 1. The highest BCUT2D eigenvalue weighted by molar-refractivity contribution is 5.57. The van der Waals surface area contributed by atoms with Crippen molar-refractivity contribution in [3.05, 3.63) is 69.8 Å². The lowest BCUT2D eigenvalue weighted by Crippen LogP contribution is -2.01.